The third-order valence-electron chi connectivity index (χ3n) is 9.24. The van der Waals surface area contributed by atoms with Crippen molar-refractivity contribution in [1.29, 1.82) is 0 Å². The molecule has 0 rings (SSSR count). The van der Waals surface area contributed by atoms with E-state index in [2.05, 4.69) is 43.5 Å². The number of unbranched alkanes of at least 4 members (excludes halogenated alkanes) is 26. The van der Waals surface area contributed by atoms with E-state index in [9.17, 15) is 15.0 Å². The molecule has 4 nitrogen and oxygen atoms in total. The Bertz CT molecular complexity index is 647. The second-order valence-electron chi connectivity index (χ2n) is 13.7. The molecule has 266 valence electrons. The van der Waals surface area contributed by atoms with Crippen LogP contribution in [0.2, 0.25) is 0 Å². The lowest BCUT2D eigenvalue weighted by Crippen LogP contribution is -2.45. The van der Waals surface area contributed by atoms with Crippen molar-refractivity contribution in [3.8, 4) is 0 Å². The number of carbonyl (C=O) groups excluding carboxylic acids is 1. The molecule has 0 saturated heterocycles. The fourth-order valence-corrected chi connectivity index (χ4v) is 6.12. The number of aliphatic hydroxyl groups excluding tert-OH is 2. The summed E-state index contributed by atoms with van der Waals surface area (Å²) in [6.45, 7) is 4.33. The first kappa shape index (κ1) is 43.9. The van der Waals surface area contributed by atoms with Gasteiger partial charge in [0.2, 0.25) is 5.91 Å². The van der Waals surface area contributed by atoms with Gasteiger partial charge in [0.05, 0.1) is 18.8 Å². The van der Waals surface area contributed by atoms with Crippen LogP contribution in [0.25, 0.3) is 0 Å². The third-order valence-corrected chi connectivity index (χ3v) is 9.24. The van der Waals surface area contributed by atoms with Gasteiger partial charge >= 0.3 is 0 Å². The fourth-order valence-electron chi connectivity index (χ4n) is 6.12. The molecular weight excluding hydrogens is 554 g/mol. The molecule has 2 unspecified atom stereocenters. The molecule has 2 atom stereocenters. The van der Waals surface area contributed by atoms with Crippen molar-refractivity contribution in [3.63, 3.8) is 0 Å². The van der Waals surface area contributed by atoms with Gasteiger partial charge in [0, 0.05) is 6.42 Å². The summed E-state index contributed by atoms with van der Waals surface area (Å²) in [4.78, 5) is 12.4. The lowest BCUT2D eigenvalue weighted by Gasteiger charge is -2.22. The lowest BCUT2D eigenvalue weighted by atomic mass is 10.0. The topological polar surface area (TPSA) is 69.6 Å². The van der Waals surface area contributed by atoms with Crippen molar-refractivity contribution in [2.75, 3.05) is 6.61 Å². The number of carbonyl (C=O) groups is 1. The summed E-state index contributed by atoms with van der Waals surface area (Å²) >= 11 is 0. The first-order chi connectivity index (χ1) is 22.2. The summed E-state index contributed by atoms with van der Waals surface area (Å²) in [6.07, 6.45) is 46.6. The van der Waals surface area contributed by atoms with Crippen molar-refractivity contribution in [3.05, 3.63) is 24.3 Å². The Morgan fingerprint density at radius 2 is 0.889 bits per heavy atom. The van der Waals surface area contributed by atoms with E-state index in [0.29, 0.717) is 12.8 Å². The normalized spacial score (nSPS) is 13.2. The van der Waals surface area contributed by atoms with E-state index >= 15 is 0 Å². The maximum Gasteiger partial charge on any atom is 0.220 e. The molecule has 0 saturated carbocycles. The highest BCUT2D eigenvalue weighted by molar-refractivity contribution is 5.76. The van der Waals surface area contributed by atoms with Crippen LogP contribution >= 0.6 is 0 Å². The van der Waals surface area contributed by atoms with Gasteiger partial charge in [-0.3, -0.25) is 4.79 Å². The number of allylic oxidation sites excluding steroid dienone is 4. The largest absolute Gasteiger partial charge is 0.394 e. The van der Waals surface area contributed by atoms with E-state index in [1.54, 1.807) is 0 Å². The van der Waals surface area contributed by atoms with Crippen LogP contribution in [0.3, 0.4) is 0 Å². The molecule has 0 aliphatic carbocycles. The van der Waals surface area contributed by atoms with Crippen LogP contribution in [-0.2, 0) is 4.79 Å². The van der Waals surface area contributed by atoms with Gasteiger partial charge in [-0.25, -0.2) is 0 Å². The summed E-state index contributed by atoms with van der Waals surface area (Å²) in [7, 11) is 0. The van der Waals surface area contributed by atoms with Gasteiger partial charge in [0.1, 0.15) is 0 Å². The van der Waals surface area contributed by atoms with Gasteiger partial charge in [-0.2, -0.15) is 0 Å². The number of rotatable bonds is 36. The zero-order valence-corrected chi connectivity index (χ0v) is 30.4. The second-order valence-corrected chi connectivity index (χ2v) is 13.7. The lowest BCUT2D eigenvalue weighted by molar-refractivity contribution is -0.123. The van der Waals surface area contributed by atoms with Crippen molar-refractivity contribution in [2.45, 2.75) is 225 Å². The van der Waals surface area contributed by atoms with Gasteiger partial charge in [-0.05, 0) is 38.5 Å². The summed E-state index contributed by atoms with van der Waals surface area (Å²) in [5.41, 5.74) is 0. The molecular formula is C41H79NO3. The van der Waals surface area contributed by atoms with Crippen molar-refractivity contribution in [2.24, 2.45) is 0 Å². The Morgan fingerprint density at radius 1 is 0.533 bits per heavy atom. The molecule has 45 heavy (non-hydrogen) atoms. The highest BCUT2D eigenvalue weighted by atomic mass is 16.3. The smallest absolute Gasteiger partial charge is 0.220 e. The Kier molecular flexibility index (Phi) is 36.4. The van der Waals surface area contributed by atoms with Crippen molar-refractivity contribution in [1.82, 2.24) is 5.32 Å². The van der Waals surface area contributed by atoms with Gasteiger partial charge in [-0.1, -0.05) is 192 Å². The number of hydrogen-bond acceptors (Lipinski definition) is 3. The summed E-state index contributed by atoms with van der Waals surface area (Å²) in [5.74, 6) is -0.0353. The van der Waals surface area contributed by atoms with Gasteiger partial charge in [-0.15, -0.1) is 0 Å². The maximum atomic E-state index is 12.4. The highest BCUT2D eigenvalue weighted by Gasteiger charge is 2.19. The molecule has 0 aromatic rings. The third kappa shape index (κ3) is 34.0. The monoisotopic (exact) mass is 634 g/mol. The van der Waals surface area contributed by atoms with E-state index in [1.165, 1.54) is 161 Å². The summed E-state index contributed by atoms with van der Waals surface area (Å²) < 4.78 is 0. The number of aliphatic hydroxyl groups is 2. The van der Waals surface area contributed by atoms with E-state index in [0.717, 1.165) is 25.7 Å². The minimum absolute atomic E-state index is 0.0353. The number of nitrogens with one attached hydrogen (secondary N) is 1. The predicted molar refractivity (Wildman–Crippen MR) is 198 cm³/mol. The first-order valence-electron chi connectivity index (χ1n) is 20.1. The van der Waals surface area contributed by atoms with E-state index in [1.807, 2.05) is 0 Å². The molecule has 0 aromatic carbocycles. The van der Waals surface area contributed by atoms with Crippen LogP contribution in [0.1, 0.15) is 213 Å². The quantitative estimate of drug-likeness (QED) is 0.0475. The minimum atomic E-state index is -0.657. The van der Waals surface area contributed by atoms with E-state index in [-0.39, 0.29) is 12.5 Å². The molecule has 0 spiro atoms. The zero-order valence-electron chi connectivity index (χ0n) is 30.4. The number of amides is 1. The van der Waals surface area contributed by atoms with Crippen LogP contribution in [0.15, 0.2) is 24.3 Å². The molecule has 3 N–H and O–H groups in total. The standard InChI is InChI=1S/C41H79NO3/c1-3-5-7-9-11-13-15-17-19-20-21-22-23-25-27-29-31-33-35-37-41(45)42-39(38-43)40(44)36-34-32-30-28-26-24-18-16-14-12-10-8-6-4-2/h11,13,15,17,39-40,43-44H,3-10,12,14,16,18-38H2,1-2H3,(H,42,45)/b13-11-,17-15-. The molecule has 0 aliphatic heterocycles. The molecule has 0 aromatic heterocycles. The molecule has 0 heterocycles. The molecule has 0 radical (unpaired) electrons. The van der Waals surface area contributed by atoms with Crippen LogP contribution in [0.5, 0.6) is 0 Å². The van der Waals surface area contributed by atoms with E-state index in [4.69, 9.17) is 0 Å². The van der Waals surface area contributed by atoms with Crippen molar-refractivity contribution < 1.29 is 15.0 Å². The van der Waals surface area contributed by atoms with Gasteiger partial charge in [0.15, 0.2) is 0 Å². The average molecular weight is 634 g/mol. The Morgan fingerprint density at radius 3 is 1.33 bits per heavy atom. The highest BCUT2D eigenvalue weighted by Crippen LogP contribution is 2.15. The molecule has 4 heteroatoms. The fraction of sp³-hybridized carbons (Fsp3) is 0.878. The molecule has 1 amide bonds. The molecule has 0 fully saturated rings. The summed E-state index contributed by atoms with van der Waals surface area (Å²) in [6, 6.07) is -0.535. The van der Waals surface area contributed by atoms with Gasteiger partial charge < -0.3 is 15.5 Å². The Hall–Kier alpha value is -1.13. The van der Waals surface area contributed by atoms with Crippen LogP contribution in [0, 0.1) is 0 Å². The Labute approximate surface area is 281 Å². The zero-order chi connectivity index (χ0) is 32.9. The first-order valence-corrected chi connectivity index (χ1v) is 20.1. The molecule has 0 aliphatic rings. The minimum Gasteiger partial charge on any atom is -0.394 e. The summed E-state index contributed by atoms with van der Waals surface area (Å²) in [5, 5.41) is 23.1. The average Bonchev–Trinajstić information content (AvgIpc) is 3.04. The SMILES string of the molecule is CCCCC/C=C\C=C/CCCCCCCCCCCCC(=O)NC(CO)C(O)CCCCCCCCCCCCCCCC. The predicted octanol–water partition coefficient (Wildman–Crippen LogP) is 12.1. The van der Waals surface area contributed by atoms with Crippen LogP contribution < -0.4 is 5.32 Å². The molecule has 0 bridgehead atoms. The second kappa shape index (κ2) is 37.3. The van der Waals surface area contributed by atoms with Crippen molar-refractivity contribution >= 4 is 5.91 Å². The Balaban J connectivity index is 3.54. The number of hydrogen-bond donors (Lipinski definition) is 3. The maximum absolute atomic E-state index is 12.4. The van der Waals surface area contributed by atoms with Gasteiger partial charge in [0.25, 0.3) is 0 Å². The van der Waals surface area contributed by atoms with Crippen LogP contribution in [-0.4, -0.2) is 34.9 Å². The van der Waals surface area contributed by atoms with E-state index < -0.39 is 12.1 Å². The van der Waals surface area contributed by atoms with Crippen LogP contribution in [0.4, 0.5) is 0 Å².